The van der Waals surface area contributed by atoms with Crippen LogP contribution in [0.1, 0.15) is 21.0 Å². The van der Waals surface area contributed by atoms with Gasteiger partial charge in [-0.3, -0.25) is 9.59 Å². The quantitative estimate of drug-likeness (QED) is 0.700. The molecule has 11 heavy (non-hydrogen) atoms. The first-order valence-corrected chi connectivity index (χ1v) is 3.63. The monoisotopic (exact) mass is 213 g/mol. The van der Waals surface area contributed by atoms with Gasteiger partial charge in [0.2, 0.25) is 0 Å². The first kappa shape index (κ1) is 8.07. The number of hydrogen-bond donors (Lipinski definition) is 0. The van der Waals surface area contributed by atoms with E-state index in [4.69, 9.17) is 0 Å². The molecule has 0 unspecified atom stereocenters. The van der Waals surface area contributed by atoms with Crippen molar-refractivity contribution in [1.29, 1.82) is 0 Å². The lowest BCUT2D eigenvalue weighted by atomic mass is 10.3. The third kappa shape index (κ3) is 1.94. The van der Waals surface area contributed by atoms with Gasteiger partial charge in [0.1, 0.15) is 11.4 Å². The third-order valence-electron chi connectivity index (χ3n) is 1.07. The summed E-state index contributed by atoms with van der Waals surface area (Å²) in [5.41, 5.74) is 0.503. The molecular formula is C7H4BrNO2. The number of pyridine rings is 1. The molecule has 0 aliphatic heterocycles. The fourth-order valence-electron chi connectivity index (χ4n) is 0.659. The predicted molar refractivity (Wildman–Crippen MR) is 42.7 cm³/mol. The number of carbonyl (C=O) groups excluding carboxylic acids is 2. The van der Waals surface area contributed by atoms with E-state index in [1.54, 1.807) is 12.1 Å². The fourth-order valence-corrected chi connectivity index (χ4v) is 1.13. The molecule has 3 nitrogen and oxygen atoms in total. The van der Waals surface area contributed by atoms with E-state index in [2.05, 4.69) is 20.9 Å². The normalized spacial score (nSPS) is 9.18. The zero-order valence-electron chi connectivity index (χ0n) is 5.45. The van der Waals surface area contributed by atoms with E-state index in [1.807, 2.05) is 0 Å². The summed E-state index contributed by atoms with van der Waals surface area (Å²) in [7, 11) is 0. The topological polar surface area (TPSA) is 47.0 Å². The lowest BCUT2D eigenvalue weighted by molar-refractivity contribution is 0.111. The van der Waals surface area contributed by atoms with Gasteiger partial charge in [0, 0.05) is 4.47 Å². The smallest absolute Gasteiger partial charge is 0.168 e. The maximum atomic E-state index is 10.2. The van der Waals surface area contributed by atoms with Gasteiger partial charge in [-0.15, -0.1) is 0 Å². The van der Waals surface area contributed by atoms with Crippen molar-refractivity contribution >= 4 is 28.5 Å². The summed E-state index contributed by atoms with van der Waals surface area (Å²) in [5.74, 6) is 0. The minimum Gasteiger partial charge on any atom is -0.296 e. The van der Waals surface area contributed by atoms with Crippen LogP contribution >= 0.6 is 15.9 Å². The summed E-state index contributed by atoms with van der Waals surface area (Å²) in [4.78, 5) is 24.2. The Morgan fingerprint density at radius 3 is 2.00 bits per heavy atom. The Morgan fingerprint density at radius 2 is 1.64 bits per heavy atom. The average Bonchev–Trinajstić information content (AvgIpc) is 2.03. The van der Waals surface area contributed by atoms with E-state index in [0.717, 1.165) is 0 Å². The third-order valence-corrected chi connectivity index (χ3v) is 1.53. The van der Waals surface area contributed by atoms with Crippen LogP contribution in [0.2, 0.25) is 0 Å². The van der Waals surface area contributed by atoms with Crippen LogP contribution in [0.4, 0.5) is 0 Å². The van der Waals surface area contributed by atoms with Crippen LogP contribution in [0.15, 0.2) is 16.6 Å². The van der Waals surface area contributed by atoms with Gasteiger partial charge in [0.05, 0.1) is 0 Å². The highest BCUT2D eigenvalue weighted by Gasteiger charge is 1.97. The molecule has 0 aliphatic rings. The summed E-state index contributed by atoms with van der Waals surface area (Å²) in [6, 6.07) is 3.08. The SMILES string of the molecule is O=Cc1cc(Br)cc(C=O)n1. The maximum absolute atomic E-state index is 10.2. The van der Waals surface area contributed by atoms with Gasteiger partial charge >= 0.3 is 0 Å². The van der Waals surface area contributed by atoms with Crippen molar-refractivity contribution in [3.63, 3.8) is 0 Å². The zero-order valence-corrected chi connectivity index (χ0v) is 7.04. The van der Waals surface area contributed by atoms with Crippen LogP contribution in [0.5, 0.6) is 0 Å². The molecular weight excluding hydrogens is 210 g/mol. The van der Waals surface area contributed by atoms with Crippen molar-refractivity contribution in [1.82, 2.24) is 4.98 Å². The Bertz CT molecular complexity index is 272. The Labute approximate surface area is 71.6 Å². The summed E-state index contributed by atoms with van der Waals surface area (Å²) >= 11 is 3.14. The highest BCUT2D eigenvalue weighted by molar-refractivity contribution is 9.10. The second-order valence-electron chi connectivity index (χ2n) is 1.87. The summed E-state index contributed by atoms with van der Waals surface area (Å²) in [6.45, 7) is 0. The molecule has 1 heterocycles. The van der Waals surface area contributed by atoms with E-state index >= 15 is 0 Å². The molecule has 0 spiro atoms. The van der Waals surface area contributed by atoms with E-state index in [9.17, 15) is 9.59 Å². The number of hydrogen-bond acceptors (Lipinski definition) is 3. The molecule has 0 saturated heterocycles. The Balaban J connectivity index is 3.21. The van der Waals surface area contributed by atoms with Crippen molar-refractivity contribution < 1.29 is 9.59 Å². The molecule has 4 heteroatoms. The van der Waals surface area contributed by atoms with Crippen LogP contribution in [0.3, 0.4) is 0 Å². The van der Waals surface area contributed by atoms with Gasteiger partial charge in [-0.05, 0) is 12.1 Å². The maximum Gasteiger partial charge on any atom is 0.168 e. The van der Waals surface area contributed by atoms with Gasteiger partial charge in [-0.25, -0.2) is 4.98 Å². The first-order chi connectivity index (χ1) is 5.26. The van der Waals surface area contributed by atoms with E-state index < -0.39 is 0 Å². The Hall–Kier alpha value is -1.03. The molecule has 56 valence electrons. The zero-order chi connectivity index (χ0) is 8.27. The molecule has 1 rings (SSSR count). The number of aldehydes is 2. The van der Waals surface area contributed by atoms with E-state index in [0.29, 0.717) is 17.0 Å². The van der Waals surface area contributed by atoms with Crippen LogP contribution in [-0.2, 0) is 0 Å². The van der Waals surface area contributed by atoms with Crippen molar-refractivity contribution in [2.24, 2.45) is 0 Å². The predicted octanol–water partition coefficient (Wildman–Crippen LogP) is 1.47. The van der Waals surface area contributed by atoms with Crippen molar-refractivity contribution in [3.8, 4) is 0 Å². The number of rotatable bonds is 2. The number of halogens is 1. The van der Waals surface area contributed by atoms with Gasteiger partial charge in [0.25, 0.3) is 0 Å². The fraction of sp³-hybridized carbons (Fsp3) is 0. The molecule has 0 bridgehead atoms. The molecule has 1 aromatic rings. The van der Waals surface area contributed by atoms with Gasteiger partial charge in [-0.1, -0.05) is 15.9 Å². The summed E-state index contributed by atoms with van der Waals surface area (Å²) in [5, 5.41) is 0. The minimum atomic E-state index is 0.251. The molecule has 0 N–H and O–H groups in total. The molecule has 1 aromatic heterocycles. The standard InChI is InChI=1S/C7H4BrNO2/c8-5-1-6(3-10)9-7(2-5)4-11/h1-4H. The highest BCUT2D eigenvalue weighted by Crippen LogP contribution is 2.10. The molecule has 0 aliphatic carbocycles. The minimum absolute atomic E-state index is 0.251. The molecule has 0 saturated carbocycles. The van der Waals surface area contributed by atoms with Gasteiger partial charge in [-0.2, -0.15) is 0 Å². The molecule has 0 atom stereocenters. The van der Waals surface area contributed by atoms with Crippen molar-refractivity contribution in [3.05, 3.63) is 28.0 Å². The van der Waals surface area contributed by atoms with Crippen molar-refractivity contribution in [2.45, 2.75) is 0 Å². The Morgan fingerprint density at radius 1 is 1.18 bits per heavy atom. The first-order valence-electron chi connectivity index (χ1n) is 2.84. The number of carbonyl (C=O) groups is 2. The van der Waals surface area contributed by atoms with Crippen LogP contribution in [-0.4, -0.2) is 17.6 Å². The number of aromatic nitrogens is 1. The van der Waals surface area contributed by atoms with Crippen molar-refractivity contribution in [2.75, 3.05) is 0 Å². The molecule has 0 aromatic carbocycles. The molecule has 0 radical (unpaired) electrons. The lowest BCUT2D eigenvalue weighted by Gasteiger charge is -1.93. The number of nitrogens with zero attached hydrogens (tertiary/aromatic N) is 1. The lowest BCUT2D eigenvalue weighted by Crippen LogP contribution is -1.92. The van der Waals surface area contributed by atoms with Gasteiger partial charge < -0.3 is 0 Å². The molecule has 0 amide bonds. The van der Waals surface area contributed by atoms with E-state index in [1.165, 1.54) is 0 Å². The second kappa shape index (κ2) is 3.39. The largest absolute Gasteiger partial charge is 0.296 e. The molecule has 0 fully saturated rings. The van der Waals surface area contributed by atoms with Gasteiger partial charge in [0.15, 0.2) is 12.6 Å². The second-order valence-corrected chi connectivity index (χ2v) is 2.79. The highest BCUT2D eigenvalue weighted by atomic mass is 79.9. The average molecular weight is 214 g/mol. The summed E-state index contributed by atoms with van der Waals surface area (Å²) < 4.78 is 0.678. The van der Waals surface area contributed by atoms with Crippen LogP contribution in [0, 0.1) is 0 Å². The van der Waals surface area contributed by atoms with Crippen LogP contribution in [0.25, 0.3) is 0 Å². The summed E-state index contributed by atoms with van der Waals surface area (Å²) in [6.07, 6.45) is 1.19. The van der Waals surface area contributed by atoms with Crippen LogP contribution < -0.4 is 0 Å². The Kier molecular flexibility index (Phi) is 2.48. The van der Waals surface area contributed by atoms with E-state index in [-0.39, 0.29) is 11.4 Å².